The van der Waals surface area contributed by atoms with Crippen molar-refractivity contribution < 1.29 is 50.0 Å². The molecule has 2 atom stereocenters. The van der Waals surface area contributed by atoms with Crippen LogP contribution in [0.5, 0.6) is 0 Å². The summed E-state index contributed by atoms with van der Waals surface area (Å²) >= 11 is 13.0. The minimum absolute atomic E-state index is 0.0825. The standard InChI is InChI=1S/C21H16ClFN4O5S2.C21H17ClN4O5S2/c1-24-10-2-5-13-15(9-10)26-20(29)18(19(13)28)12-4-3-11(8-14(12)23)25-21(30)27-34(31,32)17-7-6-16(22)33-17;1-23-13-6-7-14-15(10-13)25-20(28)18(19(14)27)11-2-4-12(5-3-11)24-21(29)26-33(30,31)17-9-8-16(22)32-17/h2-9,18,24H,1H3,(H,26,29)(H2,25,27,30);2-10,18,23H,1H3,(H,25,28)(H2,24,26,29). The Hall–Kier alpha value is -6.89. The van der Waals surface area contributed by atoms with Crippen molar-refractivity contribution in [2.24, 2.45) is 0 Å². The molecule has 2 unspecified atom stereocenters. The fourth-order valence-electron chi connectivity index (χ4n) is 6.72. The molecular formula is C42H33Cl2FN8O10S4. The summed E-state index contributed by atoms with van der Waals surface area (Å²) in [5.74, 6) is -5.43. The lowest BCUT2D eigenvalue weighted by Gasteiger charge is -2.24. The Balaban J connectivity index is 0.000000199. The van der Waals surface area contributed by atoms with Crippen molar-refractivity contribution in [2.75, 3.05) is 46.0 Å². The SMILES string of the molecule is CNc1ccc2c(c1)NC(=O)C(c1ccc(NC(=O)NS(=O)(=O)c3ccc(Cl)s3)cc1)C2=O.CNc1ccc2c(c1)NC(=O)C(c1ccc(NC(=O)NS(=O)(=O)c3ccc(Cl)s3)cc1F)C2=O. The average molecular weight is 1030 g/mol. The minimum atomic E-state index is -4.17. The van der Waals surface area contributed by atoms with Gasteiger partial charge in [0.1, 0.15) is 26.1 Å². The van der Waals surface area contributed by atoms with Crippen LogP contribution in [0.4, 0.5) is 48.1 Å². The number of rotatable bonds is 10. The summed E-state index contributed by atoms with van der Waals surface area (Å²) < 4.78 is 67.7. The van der Waals surface area contributed by atoms with Gasteiger partial charge in [-0.25, -0.2) is 40.3 Å². The average Bonchev–Trinajstić information content (AvgIpc) is 3.93. The van der Waals surface area contributed by atoms with Crippen LogP contribution >= 0.6 is 45.9 Å². The summed E-state index contributed by atoms with van der Waals surface area (Å²) in [4.78, 5) is 75.4. The van der Waals surface area contributed by atoms with E-state index >= 15 is 0 Å². The number of benzene rings is 4. The Kier molecular flexibility index (Phi) is 14.0. The fourth-order valence-corrected chi connectivity index (χ4v) is 11.5. The second kappa shape index (κ2) is 19.5. The molecule has 25 heteroatoms. The molecule has 8 rings (SSSR count). The number of fused-ring (bicyclic) bond motifs is 2. The second-order valence-electron chi connectivity index (χ2n) is 14.2. The van der Waals surface area contributed by atoms with Gasteiger partial charge in [0, 0.05) is 53.5 Å². The molecule has 0 fully saturated rings. The molecular weight excluding hydrogens is 995 g/mol. The fraction of sp³-hybridized carbons (Fsp3) is 0.0952. The Morgan fingerprint density at radius 3 is 1.45 bits per heavy atom. The molecule has 2 aromatic heterocycles. The lowest BCUT2D eigenvalue weighted by molar-refractivity contribution is -0.117. The van der Waals surface area contributed by atoms with Crippen LogP contribution in [0.2, 0.25) is 8.67 Å². The summed E-state index contributed by atoms with van der Waals surface area (Å²) in [5.41, 5.74) is 3.30. The maximum atomic E-state index is 14.9. The molecule has 0 bridgehead atoms. The molecule has 67 heavy (non-hydrogen) atoms. The quantitative estimate of drug-likeness (QED) is 0.0609. The monoisotopic (exact) mass is 1030 g/mol. The van der Waals surface area contributed by atoms with Gasteiger partial charge in [-0.15, -0.1) is 22.7 Å². The third-order valence-corrected chi connectivity index (χ3v) is 16.0. The summed E-state index contributed by atoms with van der Waals surface area (Å²) in [6.07, 6.45) is 0. The van der Waals surface area contributed by atoms with E-state index in [4.69, 9.17) is 23.2 Å². The molecule has 0 radical (unpaired) electrons. The Bertz CT molecular complexity index is 3240. The van der Waals surface area contributed by atoms with Gasteiger partial charge in [0.2, 0.25) is 11.8 Å². The Morgan fingerprint density at radius 2 is 1.00 bits per heavy atom. The highest BCUT2D eigenvalue weighted by molar-refractivity contribution is 7.92. The molecule has 0 aliphatic carbocycles. The number of nitrogens with one attached hydrogen (secondary N) is 8. The van der Waals surface area contributed by atoms with Gasteiger partial charge in [0.05, 0.1) is 20.0 Å². The van der Waals surface area contributed by atoms with E-state index in [1.807, 2.05) is 4.72 Å². The zero-order valence-corrected chi connectivity index (χ0v) is 39.1. The molecule has 4 aromatic carbocycles. The lowest BCUT2D eigenvalue weighted by Crippen LogP contribution is -2.35. The van der Waals surface area contributed by atoms with Crippen LogP contribution in [0.3, 0.4) is 0 Å². The van der Waals surface area contributed by atoms with Gasteiger partial charge in [-0.05, 0) is 90.5 Å². The third kappa shape index (κ3) is 10.7. The maximum absolute atomic E-state index is 14.9. The van der Waals surface area contributed by atoms with Crippen molar-refractivity contribution in [3.63, 3.8) is 0 Å². The number of carbonyl (C=O) groups is 6. The first-order chi connectivity index (χ1) is 31.8. The van der Waals surface area contributed by atoms with Gasteiger partial charge in [-0.3, -0.25) is 19.2 Å². The zero-order chi connectivity index (χ0) is 48.4. The summed E-state index contributed by atoms with van der Waals surface area (Å²) in [7, 11) is -4.80. The van der Waals surface area contributed by atoms with Crippen molar-refractivity contribution in [3.05, 3.63) is 140 Å². The third-order valence-electron chi connectivity index (χ3n) is 9.86. The number of hydrogen-bond acceptors (Lipinski definition) is 14. The predicted molar refractivity (Wildman–Crippen MR) is 254 cm³/mol. The van der Waals surface area contributed by atoms with Crippen molar-refractivity contribution in [2.45, 2.75) is 20.3 Å². The molecule has 346 valence electrons. The lowest BCUT2D eigenvalue weighted by atomic mass is 9.85. The first-order valence-corrected chi connectivity index (χ1v) is 24.5. The van der Waals surface area contributed by atoms with Crippen LogP contribution in [0.25, 0.3) is 0 Å². The van der Waals surface area contributed by atoms with Crippen LogP contribution in [0.15, 0.2) is 112 Å². The minimum Gasteiger partial charge on any atom is -0.388 e. The van der Waals surface area contributed by atoms with E-state index in [2.05, 4.69) is 31.9 Å². The Labute approximate surface area is 398 Å². The molecule has 2 aliphatic rings. The highest BCUT2D eigenvalue weighted by atomic mass is 35.5. The summed E-state index contributed by atoms with van der Waals surface area (Å²) in [5, 5.41) is 15.8. The summed E-state index contributed by atoms with van der Waals surface area (Å²) in [6.45, 7) is 0. The number of thiophene rings is 2. The van der Waals surface area contributed by atoms with Crippen LogP contribution in [-0.4, -0.2) is 66.4 Å². The molecule has 4 heterocycles. The normalized spacial score (nSPS) is 15.4. The maximum Gasteiger partial charge on any atom is 0.333 e. The van der Waals surface area contributed by atoms with Gasteiger partial charge in [-0.1, -0.05) is 41.4 Å². The van der Waals surface area contributed by atoms with Crippen LogP contribution in [0.1, 0.15) is 43.7 Å². The van der Waals surface area contributed by atoms with Gasteiger partial charge < -0.3 is 31.9 Å². The number of carbonyl (C=O) groups excluding carboxylic acids is 6. The number of Topliss-reactive ketones (excluding diaryl/α,β-unsaturated/α-hetero) is 2. The summed E-state index contributed by atoms with van der Waals surface area (Å²) in [6, 6.07) is 22.4. The van der Waals surface area contributed by atoms with E-state index in [0.29, 0.717) is 28.2 Å². The highest BCUT2D eigenvalue weighted by Gasteiger charge is 2.38. The van der Waals surface area contributed by atoms with Gasteiger partial charge in [0.25, 0.3) is 20.0 Å². The molecule has 0 saturated heterocycles. The van der Waals surface area contributed by atoms with Crippen molar-refractivity contribution in [3.8, 4) is 0 Å². The van der Waals surface area contributed by atoms with E-state index in [-0.39, 0.29) is 45.4 Å². The molecule has 18 nitrogen and oxygen atoms in total. The number of ketones is 2. The van der Waals surface area contributed by atoms with E-state index in [1.54, 1.807) is 49.1 Å². The van der Waals surface area contributed by atoms with Gasteiger partial charge >= 0.3 is 12.1 Å². The largest absolute Gasteiger partial charge is 0.388 e. The smallest absolute Gasteiger partial charge is 0.333 e. The van der Waals surface area contributed by atoms with Crippen LogP contribution in [0, 0.1) is 5.82 Å². The van der Waals surface area contributed by atoms with Gasteiger partial charge in [0.15, 0.2) is 11.6 Å². The zero-order valence-electron chi connectivity index (χ0n) is 34.3. The van der Waals surface area contributed by atoms with Crippen molar-refractivity contribution in [1.29, 1.82) is 0 Å². The van der Waals surface area contributed by atoms with E-state index in [0.717, 1.165) is 34.4 Å². The first-order valence-electron chi connectivity index (χ1n) is 19.2. The van der Waals surface area contributed by atoms with Crippen molar-refractivity contribution >= 4 is 135 Å². The number of amides is 6. The molecule has 8 N–H and O–H groups in total. The molecule has 0 spiro atoms. The molecule has 6 aromatic rings. The van der Waals surface area contributed by atoms with Crippen LogP contribution in [-0.2, 0) is 29.6 Å². The number of urea groups is 2. The van der Waals surface area contributed by atoms with E-state index in [9.17, 15) is 50.0 Å². The topological polar surface area (TPSA) is 267 Å². The molecule has 2 aliphatic heterocycles. The number of halogens is 3. The predicted octanol–water partition coefficient (Wildman–Crippen LogP) is 7.88. The number of sulfonamides is 2. The molecule has 6 amide bonds. The Morgan fingerprint density at radius 1 is 0.567 bits per heavy atom. The van der Waals surface area contributed by atoms with Crippen LogP contribution < -0.4 is 41.3 Å². The number of anilines is 6. The van der Waals surface area contributed by atoms with Crippen molar-refractivity contribution in [1.82, 2.24) is 9.44 Å². The molecule has 0 saturated carbocycles. The van der Waals surface area contributed by atoms with E-state index in [1.165, 1.54) is 66.7 Å². The highest BCUT2D eigenvalue weighted by Crippen LogP contribution is 2.36. The van der Waals surface area contributed by atoms with Gasteiger partial charge in [-0.2, -0.15) is 0 Å². The second-order valence-corrected chi connectivity index (χ2v) is 21.4. The number of hydrogen-bond donors (Lipinski definition) is 8. The first kappa shape index (κ1) is 48.1. The van der Waals surface area contributed by atoms with E-state index < -0.39 is 67.4 Å².